The van der Waals surface area contributed by atoms with Crippen LogP contribution in [0.1, 0.15) is 16.5 Å². The van der Waals surface area contributed by atoms with E-state index in [4.69, 9.17) is 17.3 Å². The van der Waals surface area contributed by atoms with Crippen molar-refractivity contribution in [2.75, 3.05) is 0 Å². The topological polar surface area (TPSA) is 46.2 Å². The van der Waals surface area contributed by atoms with Crippen LogP contribution in [-0.4, -0.2) is 5.11 Å². The minimum atomic E-state index is -0.352. The molecule has 0 aliphatic heterocycles. The Morgan fingerprint density at radius 3 is 2.71 bits per heavy atom. The van der Waals surface area contributed by atoms with E-state index in [2.05, 4.69) is 15.9 Å². The molecule has 0 radical (unpaired) electrons. The second-order valence-electron chi connectivity index (χ2n) is 3.32. The minimum Gasteiger partial charge on any atom is -0.506 e. The zero-order valence-electron chi connectivity index (χ0n) is 8.56. The van der Waals surface area contributed by atoms with Crippen LogP contribution in [0.4, 0.5) is 0 Å². The third-order valence-electron chi connectivity index (χ3n) is 2.24. The molecule has 1 aromatic heterocycles. The van der Waals surface area contributed by atoms with E-state index in [1.807, 2.05) is 17.5 Å². The summed E-state index contributed by atoms with van der Waals surface area (Å²) in [5.74, 6) is 0.144. The van der Waals surface area contributed by atoms with Gasteiger partial charge in [-0.3, -0.25) is 0 Å². The predicted octanol–water partition coefficient (Wildman–Crippen LogP) is 4.34. The molecule has 2 rings (SSSR count). The van der Waals surface area contributed by atoms with Gasteiger partial charge in [-0.1, -0.05) is 17.7 Å². The average molecular weight is 355 g/mol. The second kappa shape index (κ2) is 6.07. The van der Waals surface area contributed by atoms with Crippen LogP contribution in [0.3, 0.4) is 0 Å². The zero-order valence-corrected chi connectivity index (χ0v) is 12.5. The molecule has 0 aliphatic rings. The largest absolute Gasteiger partial charge is 0.506 e. The first-order chi connectivity index (χ1) is 7.59. The average Bonchev–Trinajstić information content (AvgIpc) is 2.75. The molecule has 17 heavy (non-hydrogen) atoms. The van der Waals surface area contributed by atoms with Crippen molar-refractivity contribution in [2.45, 2.75) is 6.04 Å². The molecule has 1 aromatic carbocycles. The van der Waals surface area contributed by atoms with Crippen molar-refractivity contribution in [1.82, 2.24) is 0 Å². The number of aromatic hydroxyl groups is 1. The fourth-order valence-electron chi connectivity index (χ4n) is 1.44. The lowest BCUT2D eigenvalue weighted by Crippen LogP contribution is -2.10. The molecule has 0 amide bonds. The zero-order chi connectivity index (χ0) is 11.7. The van der Waals surface area contributed by atoms with E-state index in [1.54, 1.807) is 23.5 Å². The van der Waals surface area contributed by atoms with Crippen LogP contribution in [0.15, 0.2) is 34.1 Å². The third kappa shape index (κ3) is 3.14. The van der Waals surface area contributed by atoms with Gasteiger partial charge in [-0.25, -0.2) is 0 Å². The molecule has 2 aromatic rings. The van der Waals surface area contributed by atoms with Crippen LogP contribution in [0.25, 0.3) is 0 Å². The van der Waals surface area contributed by atoms with Gasteiger partial charge in [0, 0.05) is 15.5 Å². The Hall–Kier alpha value is -0.260. The highest BCUT2D eigenvalue weighted by Gasteiger charge is 2.16. The number of hydrogen-bond donors (Lipinski definition) is 2. The quantitative estimate of drug-likeness (QED) is 0.842. The molecule has 0 spiro atoms. The minimum absolute atomic E-state index is 0. The summed E-state index contributed by atoms with van der Waals surface area (Å²) < 4.78 is 0.557. The van der Waals surface area contributed by atoms with Crippen LogP contribution in [-0.2, 0) is 0 Å². The van der Waals surface area contributed by atoms with E-state index in [0.29, 0.717) is 15.1 Å². The Morgan fingerprint density at radius 2 is 2.12 bits per heavy atom. The molecule has 0 saturated heterocycles. The lowest BCUT2D eigenvalue weighted by molar-refractivity contribution is 0.462. The predicted molar refractivity (Wildman–Crippen MR) is 78.4 cm³/mol. The first-order valence-corrected chi connectivity index (χ1v) is 6.61. The molecule has 1 heterocycles. The first-order valence-electron chi connectivity index (χ1n) is 4.56. The summed E-state index contributed by atoms with van der Waals surface area (Å²) in [6.07, 6.45) is 0. The van der Waals surface area contributed by atoms with Gasteiger partial charge >= 0.3 is 0 Å². The lowest BCUT2D eigenvalue weighted by Gasteiger charge is -2.13. The molecule has 0 fully saturated rings. The van der Waals surface area contributed by atoms with Crippen molar-refractivity contribution in [3.8, 4) is 5.75 Å². The molecule has 3 N–H and O–H groups in total. The summed E-state index contributed by atoms with van der Waals surface area (Å²) in [4.78, 5) is 0.990. The molecular weight excluding hydrogens is 345 g/mol. The van der Waals surface area contributed by atoms with Crippen LogP contribution in [0, 0.1) is 0 Å². The maximum atomic E-state index is 9.91. The van der Waals surface area contributed by atoms with Gasteiger partial charge in [-0.05, 0) is 39.5 Å². The molecule has 0 aliphatic carbocycles. The molecule has 0 bridgehead atoms. The van der Waals surface area contributed by atoms with Crippen LogP contribution in [0.2, 0.25) is 5.02 Å². The van der Waals surface area contributed by atoms with Gasteiger partial charge in [0.2, 0.25) is 0 Å². The molecule has 92 valence electrons. The third-order valence-corrected chi connectivity index (χ3v) is 4.02. The van der Waals surface area contributed by atoms with Crippen molar-refractivity contribution in [3.05, 3.63) is 49.6 Å². The Kier molecular flexibility index (Phi) is 5.28. The number of phenolic OH excluding ortho intramolecular Hbond substituents is 1. The van der Waals surface area contributed by atoms with Crippen molar-refractivity contribution < 1.29 is 5.11 Å². The molecule has 0 saturated carbocycles. The van der Waals surface area contributed by atoms with Crippen LogP contribution >= 0.6 is 51.3 Å². The molecule has 2 nitrogen and oxygen atoms in total. The molecule has 6 heteroatoms. The lowest BCUT2D eigenvalue weighted by atomic mass is 10.1. The monoisotopic (exact) mass is 353 g/mol. The van der Waals surface area contributed by atoms with Gasteiger partial charge in [0.25, 0.3) is 0 Å². The van der Waals surface area contributed by atoms with Crippen molar-refractivity contribution in [1.29, 1.82) is 0 Å². The summed E-state index contributed by atoms with van der Waals surface area (Å²) in [6, 6.07) is 6.84. The Morgan fingerprint density at radius 1 is 1.41 bits per heavy atom. The van der Waals surface area contributed by atoms with E-state index in [9.17, 15) is 5.11 Å². The number of thiophene rings is 1. The SMILES string of the molecule is Cl.N[C@@H](c1cccs1)c1cc(Cl)cc(Br)c1O. The molecular formula is C11H10BrCl2NOS. The van der Waals surface area contributed by atoms with E-state index in [1.165, 1.54) is 0 Å². The van der Waals surface area contributed by atoms with E-state index in [0.717, 1.165) is 4.88 Å². The highest BCUT2D eigenvalue weighted by atomic mass is 79.9. The highest BCUT2D eigenvalue weighted by Crippen LogP contribution is 2.37. The Labute approximate surface area is 123 Å². The van der Waals surface area contributed by atoms with Gasteiger partial charge in [0.15, 0.2) is 0 Å². The van der Waals surface area contributed by atoms with E-state index < -0.39 is 0 Å². The smallest absolute Gasteiger partial charge is 0.135 e. The summed E-state index contributed by atoms with van der Waals surface area (Å²) in [7, 11) is 0. The number of phenols is 1. The summed E-state index contributed by atoms with van der Waals surface area (Å²) >= 11 is 10.7. The molecule has 0 unspecified atom stereocenters. The fourth-order valence-corrected chi connectivity index (χ4v) is 3.02. The second-order valence-corrected chi connectivity index (χ2v) is 5.59. The fraction of sp³-hybridized carbons (Fsp3) is 0.0909. The normalized spacial score (nSPS) is 11.9. The maximum Gasteiger partial charge on any atom is 0.135 e. The summed E-state index contributed by atoms with van der Waals surface area (Å²) in [6.45, 7) is 0. The highest BCUT2D eigenvalue weighted by molar-refractivity contribution is 9.10. The Bertz CT molecular complexity index is 504. The first kappa shape index (κ1) is 14.8. The summed E-state index contributed by atoms with van der Waals surface area (Å²) in [5.41, 5.74) is 6.70. The standard InChI is InChI=1S/C11H9BrClNOS.ClH/c12-8-5-6(13)4-7(11(8)15)10(14)9-2-1-3-16-9;/h1-5,10,15H,14H2;1H/t10-;/m1./s1. The number of rotatable bonds is 2. The van der Waals surface area contributed by atoms with E-state index >= 15 is 0 Å². The van der Waals surface area contributed by atoms with Crippen molar-refractivity contribution in [3.63, 3.8) is 0 Å². The maximum absolute atomic E-state index is 9.91. The summed E-state index contributed by atoms with van der Waals surface area (Å²) in [5, 5.41) is 12.4. The number of benzene rings is 1. The Balaban J connectivity index is 0.00000144. The van der Waals surface area contributed by atoms with Gasteiger partial charge < -0.3 is 10.8 Å². The van der Waals surface area contributed by atoms with Gasteiger partial charge in [0.1, 0.15) is 5.75 Å². The van der Waals surface area contributed by atoms with Crippen LogP contribution in [0.5, 0.6) is 5.75 Å². The van der Waals surface area contributed by atoms with Gasteiger partial charge in [0.05, 0.1) is 10.5 Å². The van der Waals surface area contributed by atoms with Gasteiger partial charge in [-0.15, -0.1) is 23.7 Å². The number of hydrogen-bond acceptors (Lipinski definition) is 3. The van der Waals surface area contributed by atoms with Crippen molar-refractivity contribution >= 4 is 51.3 Å². The van der Waals surface area contributed by atoms with Gasteiger partial charge in [-0.2, -0.15) is 0 Å². The molecule has 1 atom stereocenters. The number of nitrogens with two attached hydrogens (primary N) is 1. The van der Waals surface area contributed by atoms with Crippen molar-refractivity contribution in [2.24, 2.45) is 5.73 Å². The van der Waals surface area contributed by atoms with E-state index in [-0.39, 0.29) is 24.2 Å². The van der Waals surface area contributed by atoms with Crippen LogP contribution < -0.4 is 5.73 Å². The number of halogens is 3.